The molecule has 9 heteroatoms. The van der Waals surface area contributed by atoms with E-state index in [0.29, 0.717) is 19.3 Å². The minimum Gasteiger partial charge on any atom is -0.369 e. The molecule has 1 aliphatic rings. The van der Waals surface area contributed by atoms with Crippen LogP contribution in [0.2, 0.25) is 0 Å². The van der Waals surface area contributed by atoms with E-state index in [1.165, 1.54) is 11.2 Å². The number of hydrogen-bond donors (Lipinski definition) is 2. The van der Waals surface area contributed by atoms with E-state index in [-0.39, 0.29) is 37.0 Å². The standard InChI is InChI=1S/C14H25N3O5S/c1-3-23(21,22)17-8-4-5-11(12(18)9-17)16-13(19)7-6-10(2)14(15)20/h10-11H,3-9H2,1-2H3,(H2,15,20)(H,16,19)/t10?,11-/m0/s1. The Kier molecular flexibility index (Phi) is 7.14. The van der Waals surface area contributed by atoms with Gasteiger partial charge in [-0.2, -0.15) is 4.31 Å². The summed E-state index contributed by atoms with van der Waals surface area (Å²) in [6.45, 7) is 3.25. The smallest absolute Gasteiger partial charge is 0.220 e. The molecule has 0 radical (unpaired) electrons. The monoisotopic (exact) mass is 347 g/mol. The molecule has 0 bridgehead atoms. The van der Waals surface area contributed by atoms with Crippen LogP contribution < -0.4 is 11.1 Å². The summed E-state index contributed by atoms with van der Waals surface area (Å²) < 4.78 is 24.9. The van der Waals surface area contributed by atoms with E-state index in [1.54, 1.807) is 6.92 Å². The summed E-state index contributed by atoms with van der Waals surface area (Å²) in [5.74, 6) is -1.57. The number of carbonyl (C=O) groups excluding carboxylic acids is 3. The number of Topliss-reactive ketones (excluding diaryl/α,β-unsaturated/α-hetero) is 1. The van der Waals surface area contributed by atoms with Crippen molar-refractivity contribution in [2.45, 2.75) is 45.6 Å². The average molecular weight is 347 g/mol. The van der Waals surface area contributed by atoms with Crippen molar-refractivity contribution in [3.05, 3.63) is 0 Å². The zero-order valence-electron chi connectivity index (χ0n) is 13.6. The van der Waals surface area contributed by atoms with E-state index < -0.39 is 27.9 Å². The molecule has 2 atom stereocenters. The quantitative estimate of drug-likeness (QED) is 0.635. The van der Waals surface area contributed by atoms with E-state index >= 15 is 0 Å². The third-order valence-electron chi connectivity index (χ3n) is 4.00. The van der Waals surface area contributed by atoms with Gasteiger partial charge in [0.05, 0.1) is 18.3 Å². The van der Waals surface area contributed by atoms with Crippen LogP contribution in [0, 0.1) is 5.92 Å². The maximum Gasteiger partial charge on any atom is 0.220 e. The lowest BCUT2D eigenvalue weighted by Gasteiger charge is -2.19. The third kappa shape index (κ3) is 5.91. The van der Waals surface area contributed by atoms with E-state index in [1.807, 2.05) is 0 Å². The highest BCUT2D eigenvalue weighted by Gasteiger charge is 2.31. The minimum atomic E-state index is -3.41. The first-order valence-corrected chi connectivity index (χ1v) is 9.37. The van der Waals surface area contributed by atoms with Gasteiger partial charge >= 0.3 is 0 Å². The Morgan fingerprint density at radius 3 is 2.65 bits per heavy atom. The Bertz CT molecular complexity index is 561. The maximum absolute atomic E-state index is 12.2. The molecule has 1 aliphatic heterocycles. The number of rotatable bonds is 7. The van der Waals surface area contributed by atoms with Crippen molar-refractivity contribution >= 4 is 27.6 Å². The van der Waals surface area contributed by atoms with Gasteiger partial charge in [0.25, 0.3) is 0 Å². The fourth-order valence-electron chi connectivity index (χ4n) is 2.32. The molecule has 0 aromatic heterocycles. The number of nitrogens with one attached hydrogen (secondary N) is 1. The van der Waals surface area contributed by atoms with Crippen LogP contribution in [-0.4, -0.2) is 55.2 Å². The fourth-order valence-corrected chi connectivity index (χ4v) is 3.42. The van der Waals surface area contributed by atoms with Crippen molar-refractivity contribution in [2.75, 3.05) is 18.8 Å². The van der Waals surface area contributed by atoms with E-state index in [2.05, 4.69) is 5.32 Å². The summed E-state index contributed by atoms with van der Waals surface area (Å²) in [6.07, 6.45) is 1.34. The van der Waals surface area contributed by atoms with E-state index in [4.69, 9.17) is 5.73 Å². The van der Waals surface area contributed by atoms with Crippen molar-refractivity contribution in [1.82, 2.24) is 9.62 Å². The average Bonchev–Trinajstić information content (AvgIpc) is 2.67. The molecule has 3 N–H and O–H groups in total. The van der Waals surface area contributed by atoms with Gasteiger partial charge < -0.3 is 11.1 Å². The number of nitrogens with zero attached hydrogens (tertiary/aromatic N) is 1. The van der Waals surface area contributed by atoms with Crippen molar-refractivity contribution in [3.8, 4) is 0 Å². The van der Waals surface area contributed by atoms with Gasteiger partial charge in [0.15, 0.2) is 5.78 Å². The first kappa shape index (κ1) is 19.6. The van der Waals surface area contributed by atoms with Crippen LogP contribution in [0.25, 0.3) is 0 Å². The zero-order chi connectivity index (χ0) is 17.6. The molecule has 23 heavy (non-hydrogen) atoms. The summed E-state index contributed by atoms with van der Waals surface area (Å²) in [7, 11) is -3.41. The second-order valence-electron chi connectivity index (χ2n) is 5.80. The Morgan fingerprint density at radius 2 is 2.09 bits per heavy atom. The van der Waals surface area contributed by atoms with Gasteiger partial charge in [-0.25, -0.2) is 8.42 Å². The number of nitrogens with two attached hydrogens (primary N) is 1. The van der Waals surface area contributed by atoms with Gasteiger partial charge in [0, 0.05) is 18.9 Å². The molecule has 0 aromatic carbocycles. The Hall–Kier alpha value is -1.48. The summed E-state index contributed by atoms with van der Waals surface area (Å²) in [5.41, 5.74) is 5.13. The predicted molar refractivity (Wildman–Crippen MR) is 84.8 cm³/mol. The maximum atomic E-state index is 12.2. The lowest BCUT2D eigenvalue weighted by Crippen LogP contribution is -2.44. The van der Waals surface area contributed by atoms with E-state index in [9.17, 15) is 22.8 Å². The lowest BCUT2D eigenvalue weighted by molar-refractivity contribution is -0.128. The highest BCUT2D eigenvalue weighted by atomic mass is 32.2. The molecule has 1 rings (SSSR count). The third-order valence-corrected chi connectivity index (χ3v) is 5.83. The number of hydrogen-bond acceptors (Lipinski definition) is 5. The second kappa shape index (κ2) is 8.39. The van der Waals surface area contributed by atoms with Crippen LogP contribution >= 0.6 is 0 Å². The lowest BCUT2D eigenvalue weighted by atomic mass is 10.0. The van der Waals surface area contributed by atoms with Crippen LogP contribution in [-0.2, 0) is 24.4 Å². The molecular formula is C14H25N3O5S. The number of primary amides is 1. The number of amides is 2. The van der Waals surface area contributed by atoms with Crippen LogP contribution in [0.4, 0.5) is 0 Å². The van der Waals surface area contributed by atoms with Crippen molar-refractivity contribution in [3.63, 3.8) is 0 Å². The second-order valence-corrected chi connectivity index (χ2v) is 8.06. The van der Waals surface area contributed by atoms with Crippen LogP contribution in [0.3, 0.4) is 0 Å². The molecule has 0 aromatic rings. The van der Waals surface area contributed by atoms with E-state index in [0.717, 1.165) is 0 Å². The van der Waals surface area contributed by atoms with Crippen LogP contribution in [0.5, 0.6) is 0 Å². The topological polar surface area (TPSA) is 127 Å². The highest BCUT2D eigenvalue weighted by molar-refractivity contribution is 7.89. The molecular weight excluding hydrogens is 322 g/mol. The first-order valence-electron chi connectivity index (χ1n) is 7.76. The summed E-state index contributed by atoms with van der Waals surface area (Å²) >= 11 is 0. The van der Waals surface area contributed by atoms with Gasteiger partial charge in [0.1, 0.15) is 0 Å². The molecule has 0 spiro atoms. The van der Waals surface area contributed by atoms with Crippen molar-refractivity contribution in [1.29, 1.82) is 0 Å². The normalized spacial score (nSPS) is 21.5. The largest absolute Gasteiger partial charge is 0.369 e. The highest BCUT2D eigenvalue weighted by Crippen LogP contribution is 2.13. The fraction of sp³-hybridized carbons (Fsp3) is 0.786. The van der Waals surface area contributed by atoms with Gasteiger partial charge in [-0.1, -0.05) is 6.92 Å². The van der Waals surface area contributed by atoms with Crippen molar-refractivity contribution < 1.29 is 22.8 Å². The molecule has 1 heterocycles. The van der Waals surface area contributed by atoms with Crippen LogP contribution in [0.1, 0.15) is 39.5 Å². The molecule has 2 amide bonds. The number of carbonyl (C=O) groups is 3. The number of ketones is 1. The SMILES string of the molecule is CCS(=O)(=O)N1CCC[C@H](NC(=O)CCC(C)C(N)=O)C(=O)C1. The molecule has 0 aliphatic carbocycles. The Morgan fingerprint density at radius 1 is 1.43 bits per heavy atom. The van der Waals surface area contributed by atoms with Gasteiger partial charge in [-0.3, -0.25) is 14.4 Å². The predicted octanol–water partition coefficient (Wildman–Crippen LogP) is -0.613. The molecule has 1 unspecified atom stereocenters. The Balaban J connectivity index is 2.57. The van der Waals surface area contributed by atoms with Gasteiger partial charge in [0.2, 0.25) is 21.8 Å². The first-order chi connectivity index (χ1) is 10.7. The summed E-state index contributed by atoms with van der Waals surface area (Å²) in [6, 6.07) is -0.677. The Labute approximate surface area is 136 Å². The van der Waals surface area contributed by atoms with Gasteiger partial charge in [-0.15, -0.1) is 0 Å². The number of sulfonamides is 1. The molecule has 8 nitrogen and oxygen atoms in total. The summed E-state index contributed by atoms with van der Waals surface area (Å²) in [4.78, 5) is 35.0. The van der Waals surface area contributed by atoms with Crippen LogP contribution in [0.15, 0.2) is 0 Å². The zero-order valence-corrected chi connectivity index (χ0v) is 14.4. The minimum absolute atomic E-state index is 0.0533. The molecule has 132 valence electrons. The van der Waals surface area contributed by atoms with Gasteiger partial charge in [-0.05, 0) is 26.2 Å². The van der Waals surface area contributed by atoms with Crippen molar-refractivity contribution in [2.24, 2.45) is 11.7 Å². The molecule has 1 saturated heterocycles. The summed E-state index contributed by atoms with van der Waals surface area (Å²) in [5, 5.41) is 2.63. The molecule has 0 saturated carbocycles. The molecule has 1 fully saturated rings.